The van der Waals surface area contributed by atoms with Crippen molar-refractivity contribution in [1.29, 1.82) is 0 Å². The van der Waals surface area contributed by atoms with E-state index in [4.69, 9.17) is 21.1 Å². The minimum atomic E-state index is -0.222. The minimum absolute atomic E-state index is 0.132. The van der Waals surface area contributed by atoms with Crippen LogP contribution in [0.25, 0.3) is 0 Å². The number of halogens is 1. The van der Waals surface area contributed by atoms with Crippen molar-refractivity contribution in [3.05, 3.63) is 11.5 Å². The van der Waals surface area contributed by atoms with Crippen LogP contribution in [-0.4, -0.2) is 41.9 Å². The largest absolute Gasteiger partial charge is 0.490 e. The number of hydrogen-bond donors (Lipinski definition) is 0. The summed E-state index contributed by atoms with van der Waals surface area (Å²) in [5.74, 6) is 1.24. The first-order chi connectivity index (χ1) is 8.43. The molecular formula is C12H18ClN3O2. The van der Waals surface area contributed by atoms with Gasteiger partial charge in [0, 0.05) is 13.1 Å². The first-order valence-corrected chi connectivity index (χ1v) is 6.28. The van der Waals surface area contributed by atoms with Gasteiger partial charge in [0.15, 0.2) is 16.7 Å². The van der Waals surface area contributed by atoms with Crippen LogP contribution in [0.3, 0.4) is 0 Å². The first kappa shape index (κ1) is 13.4. The summed E-state index contributed by atoms with van der Waals surface area (Å²) < 4.78 is 11.2. The molecule has 0 spiro atoms. The first-order valence-electron chi connectivity index (χ1n) is 5.90. The topological polar surface area (TPSA) is 47.5 Å². The van der Waals surface area contributed by atoms with Gasteiger partial charge < -0.3 is 14.4 Å². The molecule has 0 radical (unpaired) electrons. The van der Waals surface area contributed by atoms with E-state index < -0.39 is 0 Å². The van der Waals surface area contributed by atoms with Crippen LogP contribution in [0.1, 0.15) is 20.8 Å². The molecule has 5 nitrogen and oxygen atoms in total. The van der Waals surface area contributed by atoms with Gasteiger partial charge in [-0.3, -0.25) is 0 Å². The summed E-state index contributed by atoms with van der Waals surface area (Å²) in [4.78, 5) is 10.3. The van der Waals surface area contributed by atoms with Crippen molar-refractivity contribution in [2.45, 2.75) is 32.5 Å². The van der Waals surface area contributed by atoms with Gasteiger partial charge in [0.2, 0.25) is 0 Å². The molecule has 18 heavy (non-hydrogen) atoms. The van der Waals surface area contributed by atoms with E-state index in [0.29, 0.717) is 10.9 Å². The third-order valence-electron chi connectivity index (χ3n) is 2.81. The third-order valence-corrected chi connectivity index (χ3v) is 3.08. The highest BCUT2D eigenvalue weighted by Crippen LogP contribution is 2.34. The number of morpholine rings is 1. The van der Waals surface area contributed by atoms with Gasteiger partial charge in [-0.1, -0.05) is 11.6 Å². The predicted molar refractivity (Wildman–Crippen MR) is 70.4 cm³/mol. The number of rotatable bonds is 2. The van der Waals surface area contributed by atoms with Gasteiger partial charge >= 0.3 is 0 Å². The molecule has 6 heteroatoms. The molecule has 0 aliphatic carbocycles. The maximum atomic E-state index is 6.02. The number of methoxy groups -OCH3 is 1. The average molecular weight is 272 g/mol. The summed E-state index contributed by atoms with van der Waals surface area (Å²) >= 11 is 6.02. The second-order valence-corrected chi connectivity index (χ2v) is 5.45. The molecular weight excluding hydrogens is 254 g/mol. The number of nitrogens with zero attached hydrogens (tertiary/aromatic N) is 3. The van der Waals surface area contributed by atoms with Crippen molar-refractivity contribution in [3.63, 3.8) is 0 Å². The highest BCUT2D eigenvalue weighted by Gasteiger charge is 2.33. The van der Waals surface area contributed by atoms with E-state index in [-0.39, 0.29) is 11.7 Å². The molecule has 1 atom stereocenters. The zero-order valence-electron chi connectivity index (χ0n) is 11.1. The highest BCUT2D eigenvalue weighted by molar-refractivity contribution is 6.31. The van der Waals surface area contributed by atoms with Crippen molar-refractivity contribution in [2.24, 2.45) is 0 Å². The van der Waals surface area contributed by atoms with Gasteiger partial charge in [0.25, 0.3) is 0 Å². The quantitative estimate of drug-likeness (QED) is 0.772. The third kappa shape index (κ3) is 2.67. The molecule has 100 valence electrons. The second kappa shape index (κ2) is 4.90. The van der Waals surface area contributed by atoms with Crippen LogP contribution in [0.2, 0.25) is 5.15 Å². The van der Waals surface area contributed by atoms with E-state index >= 15 is 0 Å². The molecule has 1 aromatic heterocycles. The van der Waals surface area contributed by atoms with Crippen LogP contribution in [-0.2, 0) is 4.74 Å². The van der Waals surface area contributed by atoms with Crippen molar-refractivity contribution >= 4 is 17.4 Å². The Balaban J connectivity index is 2.34. The number of aromatic nitrogens is 2. The summed E-state index contributed by atoms with van der Waals surface area (Å²) in [7, 11) is 1.57. The monoisotopic (exact) mass is 271 g/mol. The molecule has 1 aromatic rings. The van der Waals surface area contributed by atoms with E-state index in [0.717, 1.165) is 18.9 Å². The van der Waals surface area contributed by atoms with Crippen molar-refractivity contribution < 1.29 is 9.47 Å². The van der Waals surface area contributed by atoms with Crippen LogP contribution in [0.5, 0.6) is 5.75 Å². The Bertz CT molecular complexity index is 439. The van der Waals surface area contributed by atoms with Crippen LogP contribution < -0.4 is 9.64 Å². The summed E-state index contributed by atoms with van der Waals surface area (Å²) in [6.07, 6.45) is 1.58. The SMILES string of the molecule is COc1c(Cl)ncnc1N1CC(C)OC(C)(C)C1. The molecule has 0 bridgehead atoms. The van der Waals surface area contributed by atoms with Crippen molar-refractivity contribution in [3.8, 4) is 5.75 Å². The second-order valence-electron chi connectivity index (χ2n) is 5.09. The summed E-state index contributed by atoms with van der Waals surface area (Å²) in [6, 6.07) is 0. The van der Waals surface area contributed by atoms with E-state index in [2.05, 4.69) is 28.7 Å². The lowest BCUT2D eigenvalue weighted by molar-refractivity contribution is -0.0752. The highest BCUT2D eigenvalue weighted by atomic mass is 35.5. The summed E-state index contributed by atoms with van der Waals surface area (Å²) in [5, 5.41) is 0.333. The number of hydrogen-bond acceptors (Lipinski definition) is 5. The molecule has 0 saturated carbocycles. The molecule has 0 aromatic carbocycles. The molecule has 1 unspecified atom stereocenters. The zero-order valence-corrected chi connectivity index (χ0v) is 11.9. The van der Waals surface area contributed by atoms with E-state index in [1.165, 1.54) is 6.33 Å². The Kier molecular flexibility index (Phi) is 3.64. The Labute approximate surface area is 112 Å². The molecule has 2 rings (SSSR count). The Morgan fingerprint density at radius 1 is 1.50 bits per heavy atom. The van der Waals surface area contributed by atoms with E-state index in [1.54, 1.807) is 7.11 Å². The van der Waals surface area contributed by atoms with Gasteiger partial charge in [0.1, 0.15) is 6.33 Å². The Morgan fingerprint density at radius 2 is 2.22 bits per heavy atom. The van der Waals surface area contributed by atoms with Gasteiger partial charge in [0.05, 0.1) is 18.8 Å². The smallest absolute Gasteiger partial charge is 0.199 e. The van der Waals surface area contributed by atoms with Crippen LogP contribution in [0.4, 0.5) is 5.82 Å². The van der Waals surface area contributed by atoms with Gasteiger partial charge in [-0.25, -0.2) is 9.97 Å². The van der Waals surface area contributed by atoms with Crippen LogP contribution in [0.15, 0.2) is 6.33 Å². The Morgan fingerprint density at radius 3 is 2.83 bits per heavy atom. The molecule has 1 fully saturated rings. The van der Waals surface area contributed by atoms with Crippen molar-refractivity contribution in [1.82, 2.24) is 9.97 Å². The van der Waals surface area contributed by atoms with Crippen LogP contribution in [0, 0.1) is 0 Å². The number of ether oxygens (including phenoxy) is 2. The molecule has 2 heterocycles. The molecule has 1 aliphatic heterocycles. The predicted octanol–water partition coefficient (Wildman–Crippen LogP) is 2.14. The zero-order chi connectivity index (χ0) is 13.3. The lowest BCUT2D eigenvalue weighted by Gasteiger charge is -2.42. The molecule has 1 aliphatic rings. The van der Waals surface area contributed by atoms with Crippen LogP contribution >= 0.6 is 11.6 Å². The summed E-state index contributed by atoms with van der Waals surface area (Å²) in [6.45, 7) is 7.66. The average Bonchev–Trinajstić information content (AvgIpc) is 2.25. The standard InChI is InChI=1S/C12H18ClN3O2/c1-8-5-16(6-12(2,3)18-8)11-9(17-4)10(13)14-7-15-11/h7-8H,5-6H2,1-4H3. The lowest BCUT2D eigenvalue weighted by Crippen LogP contribution is -2.52. The maximum Gasteiger partial charge on any atom is 0.199 e. The minimum Gasteiger partial charge on any atom is -0.490 e. The van der Waals surface area contributed by atoms with E-state index in [1.807, 2.05) is 6.92 Å². The molecule has 0 N–H and O–H groups in total. The fourth-order valence-electron chi connectivity index (χ4n) is 2.36. The fourth-order valence-corrected chi connectivity index (χ4v) is 2.56. The maximum absolute atomic E-state index is 6.02. The Hall–Kier alpha value is -1.07. The van der Waals surface area contributed by atoms with Gasteiger partial charge in [-0.2, -0.15) is 0 Å². The molecule has 0 amide bonds. The van der Waals surface area contributed by atoms with E-state index in [9.17, 15) is 0 Å². The lowest BCUT2D eigenvalue weighted by atomic mass is 10.1. The normalized spacial score (nSPS) is 22.9. The van der Waals surface area contributed by atoms with Gasteiger partial charge in [-0.05, 0) is 20.8 Å². The van der Waals surface area contributed by atoms with Crippen molar-refractivity contribution in [2.75, 3.05) is 25.1 Å². The number of anilines is 1. The summed E-state index contributed by atoms with van der Waals surface area (Å²) in [5.41, 5.74) is -0.222. The van der Waals surface area contributed by atoms with Gasteiger partial charge in [-0.15, -0.1) is 0 Å². The molecule has 1 saturated heterocycles. The fraction of sp³-hybridized carbons (Fsp3) is 0.667.